The van der Waals surface area contributed by atoms with Crippen LogP contribution in [0.1, 0.15) is 47.3 Å². The highest BCUT2D eigenvalue weighted by Gasteiger charge is 2.41. The zero-order valence-electron chi connectivity index (χ0n) is 19.9. The van der Waals surface area contributed by atoms with Crippen LogP contribution >= 0.6 is 11.3 Å². The van der Waals surface area contributed by atoms with Gasteiger partial charge in [0.15, 0.2) is 0 Å². The second kappa shape index (κ2) is 10.3. The highest BCUT2D eigenvalue weighted by molar-refractivity contribution is 7.10. The minimum atomic E-state index is -1.01. The van der Waals surface area contributed by atoms with Crippen LogP contribution in [0.3, 0.4) is 0 Å². The van der Waals surface area contributed by atoms with Crippen LogP contribution < -0.4 is 5.32 Å². The Hall–Kier alpha value is -2.99. The highest BCUT2D eigenvalue weighted by atomic mass is 32.1. The number of aliphatic carboxylic acids is 1. The van der Waals surface area contributed by atoms with Crippen molar-refractivity contribution in [3.63, 3.8) is 0 Å². The molecular weight excluding hydrogens is 454 g/mol. The third kappa shape index (κ3) is 4.64. The fourth-order valence-corrected chi connectivity index (χ4v) is 6.37. The lowest BCUT2D eigenvalue weighted by Gasteiger charge is -2.33. The molecule has 4 nitrogen and oxygen atoms in total. The smallest absolute Gasteiger partial charge is 0.319 e. The first-order valence-electron chi connectivity index (χ1n) is 12.3. The summed E-state index contributed by atoms with van der Waals surface area (Å²) in [5, 5.41) is 18.1. The van der Waals surface area contributed by atoms with E-state index in [0.29, 0.717) is 13.0 Å². The number of fused-ring (bicyclic) bond motifs is 1. The van der Waals surface area contributed by atoms with Crippen LogP contribution in [0.25, 0.3) is 10.8 Å². The van der Waals surface area contributed by atoms with Crippen molar-refractivity contribution in [2.24, 2.45) is 0 Å². The Balaban J connectivity index is 1.35. The third-order valence-corrected chi connectivity index (χ3v) is 8.40. The summed E-state index contributed by atoms with van der Waals surface area (Å²) >= 11 is 1.51. The van der Waals surface area contributed by atoms with E-state index in [4.69, 9.17) is 4.74 Å². The minimum absolute atomic E-state index is 0.0637. The molecule has 5 heteroatoms. The fraction of sp³-hybridized carbons (Fsp3) is 0.300. The first-order valence-corrected chi connectivity index (χ1v) is 13.2. The Kier molecular flexibility index (Phi) is 7.00. The molecule has 0 bridgehead atoms. The summed E-state index contributed by atoms with van der Waals surface area (Å²) in [6, 6.07) is 27.0. The van der Waals surface area contributed by atoms with Gasteiger partial charge in [0.1, 0.15) is 5.41 Å². The van der Waals surface area contributed by atoms with Crippen LogP contribution in [0.4, 0.5) is 0 Å². The van der Waals surface area contributed by atoms with E-state index < -0.39 is 11.4 Å². The quantitative estimate of drug-likeness (QED) is 0.306. The number of nitrogens with one attached hydrogen (secondary N) is 1. The van der Waals surface area contributed by atoms with E-state index in [1.807, 2.05) is 36.6 Å². The van der Waals surface area contributed by atoms with Crippen molar-refractivity contribution in [1.82, 2.24) is 5.32 Å². The summed E-state index contributed by atoms with van der Waals surface area (Å²) in [6.07, 6.45) is 1.56. The van der Waals surface area contributed by atoms with Gasteiger partial charge in [-0.2, -0.15) is 0 Å². The zero-order valence-corrected chi connectivity index (χ0v) is 20.8. The fourth-order valence-electron chi connectivity index (χ4n) is 5.36. The molecule has 0 spiro atoms. The Morgan fingerprint density at radius 1 is 1.06 bits per heavy atom. The molecule has 1 aromatic heterocycles. The van der Waals surface area contributed by atoms with Gasteiger partial charge in [-0.15, -0.1) is 11.3 Å². The SMILES string of the molecule is CCC(C(=O)O)(c1ccc(C2CCNCC2OCc2ccc3ccccc3c2)cc1)c1cccs1. The summed E-state index contributed by atoms with van der Waals surface area (Å²) in [7, 11) is 0. The summed E-state index contributed by atoms with van der Waals surface area (Å²) < 4.78 is 6.45. The van der Waals surface area contributed by atoms with Gasteiger partial charge in [0.2, 0.25) is 0 Å². The normalized spacial score (nSPS) is 19.9. The lowest BCUT2D eigenvalue weighted by atomic mass is 9.76. The Labute approximate surface area is 210 Å². The molecule has 3 unspecified atom stereocenters. The van der Waals surface area contributed by atoms with Crippen molar-refractivity contribution < 1.29 is 14.6 Å². The molecule has 3 atom stereocenters. The molecule has 1 saturated heterocycles. The van der Waals surface area contributed by atoms with Gasteiger partial charge in [0.25, 0.3) is 0 Å². The number of hydrogen-bond acceptors (Lipinski definition) is 4. The van der Waals surface area contributed by atoms with Gasteiger partial charge < -0.3 is 15.2 Å². The molecule has 0 saturated carbocycles. The van der Waals surface area contributed by atoms with Crippen LogP contribution in [0.2, 0.25) is 0 Å². The van der Waals surface area contributed by atoms with E-state index in [1.165, 1.54) is 33.2 Å². The number of thiophene rings is 1. The number of carboxylic acid groups (broad SMARTS) is 1. The van der Waals surface area contributed by atoms with Gasteiger partial charge in [-0.3, -0.25) is 4.79 Å². The molecule has 35 heavy (non-hydrogen) atoms. The number of piperidine rings is 1. The number of hydrogen-bond donors (Lipinski definition) is 2. The third-order valence-electron chi connectivity index (χ3n) is 7.37. The molecular formula is C30H31NO3S. The van der Waals surface area contributed by atoms with Crippen molar-refractivity contribution in [3.8, 4) is 0 Å². The van der Waals surface area contributed by atoms with E-state index in [9.17, 15) is 9.90 Å². The van der Waals surface area contributed by atoms with Crippen molar-refractivity contribution >= 4 is 28.1 Å². The largest absolute Gasteiger partial charge is 0.480 e. The van der Waals surface area contributed by atoms with Crippen molar-refractivity contribution in [3.05, 3.63) is 106 Å². The maximum atomic E-state index is 12.5. The Morgan fingerprint density at radius 3 is 2.57 bits per heavy atom. The van der Waals surface area contributed by atoms with E-state index in [-0.39, 0.29) is 12.0 Å². The molecule has 0 aliphatic carbocycles. The monoisotopic (exact) mass is 485 g/mol. The summed E-state index contributed by atoms with van der Waals surface area (Å²) in [5.41, 5.74) is 2.21. The van der Waals surface area contributed by atoms with Gasteiger partial charge in [0, 0.05) is 17.3 Å². The average molecular weight is 486 g/mol. The minimum Gasteiger partial charge on any atom is -0.480 e. The number of rotatable bonds is 8. The lowest BCUT2D eigenvalue weighted by molar-refractivity contribution is -0.142. The predicted molar refractivity (Wildman–Crippen MR) is 142 cm³/mol. The Bertz CT molecular complexity index is 1280. The molecule has 180 valence electrons. The van der Waals surface area contributed by atoms with Gasteiger partial charge in [0.05, 0.1) is 12.7 Å². The summed E-state index contributed by atoms with van der Waals surface area (Å²) in [4.78, 5) is 13.3. The summed E-state index contributed by atoms with van der Waals surface area (Å²) in [5.74, 6) is -0.526. The van der Waals surface area contributed by atoms with E-state index in [1.54, 1.807) is 0 Å². The van der Waals surface area contributed by atoms with Crippen LogP contribution in [0, 0.1) is 0 Å². The molecule has 0 radical (unpaired) electrons. The molecule has 1 aliphatic heterocycles. The van der Waals surface area contributed by atoms with Gasteiger partial charge >= 0.3 is 5.97 Å². The molecule has 2 heterocycles. The molecule has 3 aromatic carbocycles. The van der Waals surface area contributed by atoms with Crippen molar-refractivity contribution in [2.75, 3.05) is 13.1 Å². The van der Waals surface area contributed by atoms with E-state index in [0.717, 1.165) is 30.0 Å². The molecule has 0 amide bonds. The number of carboxylic acids is 1. The maximum Gasteiger partial charge on any atom is 0.319 e. The number of carbonyl (C=O) groups is 1. The second-order valence-electron chi connectivity index (χ2n) is 9.29. The maximum absolute atomic E-state index is 12.5. The van der Waals surface area contributed by atoms with Gasteiger partial charge in [-0.25, -0.2) is 0 Å². The van der Waals surface area contributed by atoms with Crippen molar-refractivity contribution in [2.45, 2.75) is 43.8 Å². The number of ether oxygens (including phenoxy) is 1. The van der Waals surface area contributed by atoms with E-state index >= 15 is 0 Å². The molecule has 1 aliphatic rings. The van der Waals surface area contributed by atoms with E-state index in [2.05, 4.69) is 59.9 Å². The zero-order chi connectivity index (χ0) is 24.3. The van der Waals surface area contributed by atoms with Crippen molar-refractivity contribution in [1.29, 1.82) is 0 Å². The predicted octanol–water partition coefficient (Wildman–Crippen LogP) is 6.34. The first kappa shape index (κ1) is 23.7. The average Bonchev–Trinajstić information content (AvgIpc) is 3.44. The molecule has 5 rings (SSSR count). The molecule has 1 fully saturated rings. The van der Waals surface area contributed by atoms with Crippen LogP contribution in [0.15, 0.2) is 84.2 Å². The lowest BCUT2D eigenvalue weighted by Crippen LogP contribution is -2.41. The van der Waals surface area contributed by atoms with Crippen LogP contribution in [-0.4, -0.2) is 30.3 Å². The second-order valence-corrected chi connectivity index (χ2v) is 10.2. The first-order chi connectivity index (χ1) is 17.1. The molecule has 2 N–H and O–H groups in total. The van der Waals surface area contributed by atoms with Gasteiger partial charge in [-0.1, -0.05) is 73.7 Å². The Morgan fingerprint density at radius 2 is 1.86 bits per heavy atom. The number of benzene rings is 3. The summed E-state index contributed by atoms with van der Waals surface area (Å²) in [6.45, 7) is 4.28. The van der Waals surface area contributed by atoms with Crippen LogP contribution in [0.5, 0.6) is 0 Å². The van der Waals surface area contributed by atoms with Gasteiger partial charge in [-0.05, 0) is 64.4 Å². The topological polar surface area (TPSA) is 58.6 Å². The van der Waals surface area contributed by atoms with Crippen LogP contribution in [-0.2, 0) is 21.6 Å². The molecule has 4 aromatic rings. The highest BCUT2D eigenvalue weighted by Crippen LogP contribution is 2.40. The standard InChI is InChI=1S/C30H31NO3S/c1-2-30(29(32)33,28-8-5-17-35-28)25-13-11-23(12-14-25)26-15-16-31-19-27(26)34-20-21-9-10-22-6-3-4-7-24(22)18-21/h3-14,17-18,26-27,31H,2,15-16,19-20H2,1H3,(H,32,33).